The molecule has 0 atom stereocenters. The van der Waals surface area contributed by atoms with Crippen LogP contribution in [-0.2, 0) is 9.59 Å². The van der Waals surface area contributed by atoms with Crippen molar-refractivity contribution in [3.63, 3.8) is 0 Å². The van der Waals surface area contributed by atoms with Gasteiger partial charge >= 0.3 is 0 Å². The number of hydrogen-bond donors (Lipinski definition) is 2. The lowest BCUT2D eigenvalue weighted by molar-refractivity contribution is -0.124. The molecule has 0 bridgehead atoms. The second kappa shape index (κ2) is 8.79. The molecule has 118 valence electrons. The summed E-state index contributed by atoms with van der Waals surface area (Å²) in [6.45, 7) is 0. The van der Waals surface area contributed by atoms with E-state index < -0.39 is 0 Å². The standard InChI is InChI=1S/C16H15BrN4O2/c17-13-1-3-14(4-2-13)20-15(22)5-6-16(23)21-19-11-12-7-9-18-10-8-12/h1-4,7-11H,5-6H2,(H,20,22)(H,21,23)/b19-11-. The van der Waals surface area contributed by atoms with E-state index in [0.717, 1.165) is 10.0 Å². The van der Waals surface area contributed by atoms with Crippen LogP contribution in [0.15, 0.2) is 58.4 Å². The highest BCUT2D eigenvalue weighted by atomic mass is 79.9. The first-order valence-corrected chi connectivity index (χ1v) is 7.70. The lowest BCUT2D eigenvalue weighted by atomic mass is 10.2. The molecule has 0 saturated heterocycles. The molecule has 0 unspecified atom stereocenters. The van der Waals surface area contributed by atoms with Crippen molar-refractivity contribution in [2.24, 2.45) is 5.10 Å². The molecule has 0 fully saturated rings. The third-order valence-electron chi connectivity index (χ3n) is 2.82. The van der Waals surface area contributed by atoms with Crippen LogP contribution < -0.4 is 10.7 Å². The van der Waals surface area contributed by atoms with Crippen molar-refractivity contribution in [2.75, 3.05) is 5.32 Å². The molecule has 0 aliphatic heterocycles. The van der Waals surface area contributed by atoms with Gasteiger partial charge in [0.15, 0.2) is 0 Å². The third-order valence-corrected chi connectivity index (χ3v) is 3.34. The minimum absolute atomic E-state index is 0.0655. The Morgan fingerprint density at radius 3 is 2.39 bits per heavy atom. The van der Waals surface area contributed by atoms with Crippen molar-refractivity contribution in [3.8, 4) is 0 Å². The monoisotopic (exact) mass is 374 g/mol. The summed E-state index contributed by atoms with van der Waals surface area (Å²) < 4.78 is 0.932. The van der Waals surface area contributed by atoms with Gasteiger partial charge in [-0.1, -0.05) is 15.9 Å². The van der Waals surface area contributed by atoms with Crippen LogP contribution in [0.3, 0.4) is 0 Å². The van der Waals surface area contributed by atoms with E-state index in [1.807, 2.05) is 12.1 Å². The molecule has 0 aliphatic carbocycles. The average Bonchev–Trinajstić information content (AvgIpc) is 2.56. The maximum atomic E-state index is 11.7. The molecule has 0 aliphatic rings. The van der Waals surface area contributed by atoms with Crippen molar-refractivity contribution in [1.82, 2.24) is 10.4 Å². The number of anilines is 1. The van der Waals surface area contributed by atoms with Gasteiger partial charge in [-0.3, -0.25) is 14.6 Å². The molecule has 0 saturated carbocycles. The second-order valence-electron chi connectivity index (χ2n) is 4.63. The molecule has 23 heavy (non-hydrogen) atoms. The lowest BCUT2D eigenvalue weighted by Crippen LogP contribution is -2.20. The fraction of sp³-hybridized carbons (Fsp3) is 0.125. The number of carbonyl (C=O) groups is 2. The van der Waals surface area contributed by atoms with Crippen LogP contribution >= 0.6 is 15.9 Å². The van der Waals surface area contributed by atoms with Crippen LogP contribution in [0.5, 0.6) is 0 Å². The molecule has 6 nitrogen and oxygen atoms in total. The van der Waals surface area contributed by atoms with Gasteiger partial charge in [0, 0.05) is 35.4 Å². The second-order valence-corrected chi connectivity index (χ2v) is 5.54. The number of halogens is 1. The van der Waals surface area contributed by atoms with Crippen LogP contribution in [-0.4, -0.2) is 23.0 Å². The minimum Gasteiger partial charge on any atom is -0.326 e. The first kappa shape index (κ1) is 16.8. The molecule has 2 N–H and O–H groups in total. The summed E-state index contributed by atoms with van der Waals surface area (Å²) in [5, 5.41) is 6.55. The molecule has 2 amide bonds. The van der Waals surface area contributed by atoms with Gasteiger partial charge in [-0.25, -0.2) is 5.43 Å². The summed E-state index contributed by atoms with van der Waals surface area (Å²) >= 11 is 3.32. The first-order valence-electron chi connectivity index (χ1n) is 6.91. The number of carbonyl (C=O) groups excluding carboxylic acids is 2. The number of benzene rings is 1. The summed E-state index contributed by atoms with van der Waals surface area (Å²) in [4.78, 5) is 27.2. The summed E-state index contributed by atoms with van der Waals surface area (Å²) in [7, 11) is 0. The number of aromatic nitrogens is 1. The van der Waals surface area contributed by atoms with Crippen molar-refractivity contribution in [2.45, 2.75) is 12.8 Å². The summed E-state index contributed by atoms with van der Waals surface area (Å²) in [6.07, 6.45) is 4.94. The van der Waals surface area contributed by atoms with Gasteiger partial charge in [-0.2, -0.15) is 5.10 Å². The highest BCUT2D eigenvalue weighted by Gasteiger charge is 2.06. The summed E-state index contributed by atoms with van der Waals surface area (Å²) in [5.41, 5.74) is 3.90. The van der Waals surface area contributed by atoms with Gasteiger partial charge in [0.2, 0.25) is 11.8 Å². The Labute approximate surface area is 142 Å². The van der Waals surface area contributed by atoms with E-state index in [0.29, 0.717) is 5.69 Å². The third kappa shape index (κ3) is 6.39. The van der Waals surface area contributed by atoms with Gasteiger partial charge in [0.25, 0.3) is 0 Å². The topological polar surface area (TPSA) is 83.5 Å². The van der Waals surface area contributed by atoms with Crippen LogP contribution in [0, 0.1) is 0 Å². The molecule has 1 aromatic carbocycles. The van der Waals surface area contributed by atoms with Crippen molar-refractivity contribution < 1.29 is 9.59 Å². The van der Waals surface area contributed by atoms with E-state index in [4.69, 9.17) is 0 Å². The summed E-state index contributed by atoms with van der Waals surface area (Å²) in [5.74, 6) is -0.540. The van der Waals surface area contributed by atoms with Crippen LogP contribution in [0.25, 0.3) is 0 Å². The Hall–Kier alpha value is -2.54. The number of pyridine rings is 1. The lowest BCUT2D eigenvalue weighted by Gasteiger charge is -2.04. The molecular formula is C16H15BrN4O2. The van der Waals surface area contributed by atoms with Gasteiger partial charge < -0.3 is 5.32 Å². The van der Waals surface area contributed by atoms with Gasteiger partial charge in [0.05, 0.1) is 6.21 Å². The molecular weight excluding hydrogens is 360 g/mol. The van der Waals surface area contributed by atoms with Crippen LogP contribution in [0.2, 0.25) is 0 Å². The SMILES string of the molecule is O=C(CCC(=O)Nc1ccc(Br)cc1)N/N=C\c1ccncc1. The Bertz CT molecular complexity index is 687. The molecule has 1 heterocycles. The van der Waals surface area contributed by atoms with E-state index in [2.05, 4.69) is 36.8 Å². The number of nitrogens with zero attached hydrogens (tertiary/aromatic N) is 2. The predicted octanol–water partition coefficient (Wildman–Crippen LogP) is 2.71. The highest BCUT2D eigenvalue weighted by molar-refractivity contribution is 9.10. The molecule has 0 radical (unpaired) electrons. The Balaban J connectivity index is 1.70. The fourth-order valence-electron chi connectivity index (χ4n) is 1.67. The number of rotatable bonds is 6. The molecule has 2 aromatic rings. The number of nitrogens with one attached hydrogen (secondary N) is 2. The summed E-state index contributed by atoms with van der Waals surface area (Å²) in [6, 6.07) is 10.7. The quantitative estimate of drug-likeness (QED) is 0.602. The van der Waals surface area contributed by atoms with Gasteiger partial charge in [0.1, 0.15) is 0 Å². The zero-order valence-corrected chi connectivity index (χ0v) is 13.8. The van der Waals surface area contributed by atoms with E-state index in [9.17, 15) is 9.59 Å². The normalized spacial score (nSPS) is 10.5. The average molecular weight is 375 g/mol. The zero-order valence-electron chi connectivity index (χ0n) is 12.2. The molecule has 7 heteroatoms. The Kier molecular flexibility index (Phi) is 6.43. The number of hydrogen-bond acceptors (Lipinski definition) is 4. The van der Waals surface area contributed by atoms with E-state index >= 15 is 0 Å². The van der Waals surface area contributed by atoms with Crippen molar-refractivity contribution in [3.05, 3.63) is 58.8 Å². The largest absolute Gasteiger partial charge is 0.326 e. The molecule has 2 rings (SSSR count). The van der Waals surface area contributed by atoms with E-state index in [1.54, 1.807) is 36.7 Å². The Morgan fingerprint density at radius 1 is 1.04 bits per heavy atom. The maximum absolute atomic E-state index is 11.7. The zero-order chi connectivity index (χ0) is 16.5. The smallest absolute Gasteiger partial charge is 0.240 e. The maximum Gasteiger partial charge on any atom is 0.240 e. The predicted molar refractivity (Wildman–Crippen MR) is 92.0 cm³/mol. The van der Waals surface area contributed by atoms with E-state index in [-0.39, 0.29) is 24.7 Å². The van der Waals surface area contributed by atoms with Crippen molar-refractivity contribution in [1.29, 1.82) is 0 Å². The Morgan fingerprint density at radius 2 is 1.70 bits per heavy atom. The van der Waals surface area contributed by atoms with E-state index in [1.165, 1.54) is 6.21 Å². The van der Waals surface area contributed by atoms with Crippen LogP contribution in [0.1, 0.15) is 18.4 Å². The van der Waals surface area contributed by atoms with Crippen molar-refractivity contribution >= 4 is 39.6 Å². The van der Waals surface area contributed by atoms with Gasteiger partial charge in [-0.05, 0) is 42.0 Å². The first-order chi connectivity index (χ1) is 11.1. The van der Waals surface area contributed by atoms with Crippen LogP contribution in [0.4, 0.5) is 5.69 Å². The fourth-order valence-corrected chi connectivity index (χ4v) is 1.93. The van der Waals surface area contributed by atoms with Gasteiger partial charge in [-0.15, -0.1) is 0 Å². The highest BCUT2D eigenvalue weighted by Crippen LogP contribution is 2.14. The number of hydrazone groups is 1. The molecule has 0 spiro atoms. The molecule has 1 aromatic heterocycles. The minimum atomic E-state index is -0.318. The number of amides is 2.